The van der Waals surface area contributed by atoms with Gasteiger partial charge in [-0.25, -0.2) is 13.1 Å². The highest BCUT2D eigenvalue weighted by molar-refractivity contribution is 7.89. The molecule has 0 spiro atoms. The van der Waals surface area contributed by atoms with Crippen LogP contribution >= 0.6 is 0 Å². The lowest BCUT2D eigenvalue weighted by Crippen LogP contribution is -2.38. The van der Waals surface area contributed by atoms with Crippen LogP contribution in [0.25, 0.3) is 0 Å². The van der Waals surface area contributed by atoms with Crippen molar-refractivity contribution in [2.24, 2.45) is 0 Å². The molecular formula is C11H18N2O3S. The summed E-state index contributed by atoms with van der Waals surface area (Å²) in [7, 11) is -3.35. The Morgan fingerprint density at radius 2 is 2.24 bits per heavy atom. The second kappa shape index (κ2) is 6.68. The highest BCUT2D eigenvalue weighted by atomic mass is 32.2. The summed E-state index contributed by atoms with van der Waals surface area (Å²) < 4.78 is 25.8. The van der Waals surface area contributed by atoms with Gasteiger partial charge in [-0.15, -0.1) is 0 Å². The van der Waals surface area contributed by atoms with E-state index in [9.17, 15) is 8.42 Å². The van der Waals surface area contributed by atoms with E-state index in [1.54, 1.807) is 18.3 Å². The predicted octanol–water partition coefficient (Wildman–Crippen LogP) is 0.314. The largest absolute Gasteiger partial charge is 0.395 e. The predicted molar refractivity (Wildman–Crippen MR) is 66.0 cm³/mol. The third kappa shape index (κ3) is 5.25. The molecule has 0 aliphatic heterocycles. The fourth-order valence-corrected chi connectivity index (χ4v) is 2.69. The minimum Gasteiger partial charge on any atom is -0.395 e. The van der Waals surface area contributed by atoms with Gasteiger partial charge in [-0.1, -0.05) is 13.0 Å². The first-order valence-electron chi connectivity index (χ1n) is 5.58. The van der Waals surface area contributed by atoms with Crippen molar-refractivity contribution in [1.82, 2.24) is 9.71 Å². The van der Waals surface area contributed by atoms with E-state index >= 15 is 0 Å². The van der Waals surface area contributed by atoms with Crippen LogP contribution in [-0.2, 0) is 16.4 Å². The molecular weight excluding hydrogens is 240 g/mol. The first kappa shape index (κ1) is 14.1. The SMILES string of the molecule is CC[C@@H](CO)NS(=O)(=O)CCc1ccccn1. The van der Waals surface area contributed by atoms with Crippen LogP contribution in [0.15, 0.2) is 24.4 Å². The Bertz CT molecular complexity index is 416. The van der Waals surface area contributed by atoms with Gasteiger partial charge in [0.05, 0.1) is 12.4 Å². The molecule has 6 heteroatoms. The lowest BCUT2D eigenvalue weighted by Gasteiger charge is -2.13. The van der Waals surface area contributed by atoms with Gasteiger partial charge < -0.3 is 5.11 Å². The summed E-state index contributed by atoms with van der Waals surface area (Å²) in [4.78, 5) is 4.06. The van der Waals surface area contributed by atoms with Crippen molar-refractivity contribution in [3.8, 4) is 0 Å². The van der Waals surface area contributed by atoms with E-state index in [-0.39, 0.29) is 12.4 Å². The second-order valence-corrected chi connectivity index (χ2v) is 5.67. The molecule has 0 saturated carbocycles. The Hall–Kier alpha value is -0.980. The Morgan fingerprint density at radius 3 is 2.76 bits per heavy atom. The van der Waals surface area contributed by atoms with Crippen molar-refractivity contribution in [2.45, 2.75) is 25.8 Å². The van der Waals surface area contributed by atoms with E-state index in [1.165, 1.54) is 0 Å². The smallest absolute Gasteiger partial charge is 0.212 e. The van der Waals surface area contributed by atoms with E-state index in [2.05, 4.69) is 9.71 Å². The van der Waals surface area contributed by atoms with Gasteiger partial charge in [0.25, 0.3) is 0 Å². The molecule has 2 N–H and O–H groups in total. The Balaban J connectivity index is 2.50. The second-order valence-electron chi connectivity index (χ2n) is 3.80. The summed E-state index contributed by atoms with van der Waals surface area (Å²) in [6.07, 6.45) is 2.58. The number of nitrogens with zero attached hydrogens (tertiary/aromatic N) is 1. The van der Waals surface area contributed by atoms with Crippen molar-refractivity contribution in [3.63, 3.8) is 0 Å². The van der Waals surface area contributed by atoms with Gasteiger partial charge in [-0.05, 0) is 18.6 Å². The highest BCUT2D eigenvalue weighted by Gasteiger charge is 2.15. The van der Waals surface area contributed by atoms with Crippen LogP contribution in [0.4, 0.5) is 0 Å². The number of nitrogens with one attached hydrogen (secondary N) is 1. The summed E-state index contributed by atoms with van der Waals surface area (Å²) in [6.45, 7) is 1.64. The molecule has 1 heterocycles. The first-order chi connectivity index (χ1) is 8.07. The maximum Gasteiger partial charge on any atom is 0.212 e. The van der Waals surface area contributed by atoms with Crippen molar-refractivity contribution in [2.75, 3.05) is 12.4 Å². The van der Waals surface area contributed by atoms with Gasteiger partial charge in [0, 0.05) is 24.4 Å². The van der Waals surface area contributed by atoms with Crippen LogP contribution in [0.3, 0.4) is 0 Å². The Labute approximate surface area is 102 Å². The highest BCUT2D eigenvalue weighted by Crippen LogP contribution is 1.99. The molecule has 1 aromatic heterocycles. The fraction of sp³-hybridized carbons (Fsp3) is 0.545. The lowest BCUT2D eigenvalue weighted by atomic mass is 10.3. The van der Waals surface area contributed by atoms with E-state index in [1.807, 2.05) is 13.0 Å². The van der Waals surface area contributed by atoms with Crippen LogP contribution in [0, 0.1) is 0 Å². The third-order valence-corrected chi connectivity index (χ3v) is 3.85. The number of aliphatic hydroxyl groups excluding tert-OH is 1. The van der Waals surface area contributed by atoms with Gasteiger partial charge in [-0.3, -0.25) is 4.98 Å². The minimum absolute atomic E-state index is 0.0134. The number of pyridine rings is 1. The average molecular weight is 258 g/mol. The van der Waals surface area contributed by atoms with E-state index in [0.29, 0.717) is 12.8 Å². The molecule has 0 aliphatic rings. The quantitative estimate of drug-likeness (QED) is 0.738. The number of aromatic nitrogens is 1. The standard InChI is InChI=1S/C11H18N2O3S/c1-2-10(9-14)13-17(15,16)8-6-11-5-3-4-7-12-11/h3-5,7,10,13-14H,2,6,8-9H2,1H3/t10-/m0/s1. The van der Waals surface area contributed by atoms with Crippen molar-refractivity contribution in [1.29, 1.82) is 0 Å². The molecule has 0 bridgehead atoms. The van der Waals surface area contributed by atoms with Crippen LogP contribution in [0.1, 0.15) is 19.0 Å². The van der Waals surface area contributed by atoms with Crippen LogP contribution in [0.5, 0.6) is 0 Å². The number of aryl methyl sites for hydroxylation is 1. The molecule has 96 valence electrons. The minimum atomic E-state index is -3.35. The zero-order chi connectivity index (χ0) is 12.7. The van der Waals surface area contributed by atoms with E-state index in [0.717, 1.165) is 5.69 Å². The first-order valence-corrected chi connectivity index (χ1v) is 7.23. The topological polar surface area (TPSA) is 79.3 Å². The number of hydrogen-bond acceptors (Lipinski definition) is 4. The van der Waals surface area contributed by atoms with Crippen molar-refractivity contribution < 1.29 is 13.5 Å². The summed E-state index contributed by atoms with van der Waals surface area (Å²) in [5.41, 5.74) is 0.745. The maximum absolute atomic E-state index is 11.7. The van der Waals surface area contributed by atoms with Crippen molar-refractivity contribution in [3.05, 3.63) is 30.1 Å². The molecule has 17 heavy (non-hydrogen) atoms. The van der Waals surface area contributed by atoms with E-state index in [4.69, 9.17) is 5.11 Å². The van der Waals surface area contributed by atoms with Gasteiger partial charge in [0.15, 0.2) is 0 Å². The summed E-state index contributed by atoms with van der Waals surface area (Å²) in [6, 6.07) is 5.00. The molecule has 5 nitrogen and oxygen atoms in total. The zero-order valence-corrected chi connectivity index (χ0v) is 10.7. The van der Waals surface area contributed by atoms with Gasteiger partial charge in [-0.2, -0.15) is 0 Å². The van der Waals surface area contributed by atoms with Crippen molar-refractivity contribution >= 4 is 10.0 Å². The van der Waals surface area contributed by atoms with Crippen LogP contribution in [-0.4, -0.2) is 36.9 Å². The molecule has 1 aromatic rings. The summed E-state index contributed by atoms with van der Waals surface area (Å²) >= 11 is 0. The maximum atomic E-state index is 11.7. The average Bonchev–Trinajstić information content (AvgIpc) is 2.35. The zero-order valence-electron chi connectivity index (χ0n) is 9.83. The van der Waals surface area contributed by atoms with Gasteiger partial charge >= 0.3 is 0 Å². The number of aliphatic hydroxyl groups is 1. The normalized spacial score (nSPS) is 13.5. The molecule has 0 unspecified atom stereocenters. The monoisotopic (exact) mass is 258 g/mol. The number of rotatable bonds is 7. The van der Waals surface area contributed by atoms with Crippen LogP contribution in [0.2, 0.25) is 0 Å². The summed E-state index contributed by atoms with van der Waals surface area (Å²) in [5.74, 6) is -0.0134. The lowest BCUT2D eigenvalue weighted by molar-refractivity contribution is 0.254. The molecule has 0 aliphatic carbocycles. The number of hydrogen-bond donors (Lipinski definition) is 2. The molecule has 1 atom stereocenters. The third-order valence-electron chi connectivity index (χ3n) is 2.41. The Kier molecular flexibility index (Phi) is 5.54. The Morgan fingerprint density at radius 1 is 1.47 bits per heavy atom. The molecule has 1 rings (SSSR count). The molecule has 0 saturated heterocycles. The fourth-order valence-electron chi connectivity index (χ4n) is 1.35. The van der Waals surface area contributed by atoms with Gasteiger partial charge in [0.1, 0.15) is 0 Å². The molecule has 0 aromatic carbocycles. The van der Waals surface area contributed by atoms with Gasteiger partial charge in [0.2, 0.25) is 10.0 Å². The molecule has 0 radical (unpaired) electrons. The van der Waals surface area contributed by atoms with E-state index < -0.39 is 16.1 Å². The summed E-state index contributed by atoms with van der Waals surface area (Å²) in [5, 5.41) is 8.94. The van der Waals surface area contributed by atoms with Crippen LogP contribution < -0.4 is 4.72 Å². The molecule has 0 fully saturated rings. The molecule has 0 amide bonds. The number of sulfonamides is 1.